The molecule has 20 heavy (non-hydrogen) atoms. The number of carbonyl (C=O) groups excluding carboxylic acids is 2. The highest BCUT2D eigenvalue weighted by molar-refractivity contribution is 5.95. The summed E-state index contributed by atoms with van der Waals surface area (Å²) in [5.74, 6) is -0.0864. The van der Waals surface area contributed by atoms with Gasteiger partial charge in [-0.05, 0) is 46.0 Å². The Morgan fingerprint density at radius 2 is 2.05 bits per heavy atom. The fraction of sp³-hybridized carbons (Fsp3) is 0.750. The van der Waals surface area contributed by atoms with E-state index in [1.54, 1.807) is 0 Å². The molecule has 2 aliphatic heterocycles. The van der Waals surface area contributed by atoms with Crippen molar-refractivity contribution in [1.82, 2.24) is 10.6 Å². The van der Waals surface area contributed by atoms with Crippen molar-refractivity contribution in [2.24, 2.45) is 5.41 Å². The van der Waals surface area contributed by atoms with Gasteiger partial charge in [-0.3, -0.25) is 9.59 Å². The molecule has 2 N–H and O–H groups in total. The van der Waals surface area contributed by atoms with Crippen LogP contribution >= 0.6 is 0 Å². The smallest absolute Gasteiger partial charge is 0.245 e. The van der Waals surface area contributed by atoms with Crippen molar-refractivity contribution in [1.29, 1.82) is 0 Å². The van der Waals surface area contributed by atoms with Crippen molar-refractivity contribution >= 4 is 11.8 Å². The van der Waals surface area contributed by atoms with E-state index in [0.29, 0.717) is 6.04 Å². The fourth-order valence-corrected chi connectivity index (χ4v) is 3.14. The van der Waals surface area contributed by atoms with E-state index in [1.165, 1.54) is 0 Å². The van der Waals surface area contributed by atoms with E-state index < -0.39 is 11.0 Å². The van der Waals surface area contributed by atoms with Crippen molar-refractivity contribution in [2.75, 3.05) is 0 Å². The van der Waals surface area contributed by atoms with E-state index in [0.717, 1.165) is 44.1 Å². The molecule has 3 aliphatic rings. The largest absolute Gasteiger partial charge is 0.351 e. The SMILES string of the molecule is C=C(CCC)C(C)(C)C(=O)NC12CCC(CC1)NC2=O. The van der Waals surface area contributed by atoms with Gasteiger partial charge in [0.1, 0.15) is 5.54 Å². The summed E-state index contributed by atoms with van der Waals surface area (Å²) in [7, 11) is 0. The molecule has 1 aliphatic carbocycles. The van der Waals surface area contributed by atoms with Crippen LogP contribution in [0, 0.1) is 5.41 Å². The molecule has 0 aromatic carbocycles. The monoisotopic (exact) mass is 278 g/mol. The molecular weight excluding hydrogens is 252 g/mol. The molecule has 2 saturated heterocycles. The molecule has 0 aromatic rings. The summed E-state index contributed by atoms with van der Waals surface area (Å²) >= 11 is 0. The Bertz CT molecular complexity index is 432. The average molecular weight is 278 g/mol. The average Bonchev–Trinajstić information content (AvgIpc) is 2.40. The van der Waals surface area contributed by atoms with Gasteiger partial charge in [0.25, 0.3) is 0 Å². The van der Waals surface area contributed by atoms with Crippen LogP contribution in [0.3, 0.4) is 0 Å². The topological polar surface area (TPSA) is 58.2 Å². The quantitative estimate of drug-likeness (QED) is 0.758. The third-order valence-electron chi connectivity index (χ3n) is 4.97. The van der Waals surface area contributed by atoms with Crippen LogP contribution in [0.15, 0.2) is 12.2 Å². The second-order valence-electron chi connectivity index (χ2n) is 6.76. The van der Waals surface area contributed by atoms with Gasteiger partial charge in [0.15, 0.2) is 0 Å². The van der Waals surface area contributed by atoms with E-state index in [1.807, 2.05) is 13.8 Å². The third kappa shape index (κ3) is 2.48. The molecule has 3 fully saturated rings. The summed E-state index contributed by atoms with van der Waals surface area (Å²) in [6, 6.07) is 0.310. The molecule has 1 saturated carbocycles. The lowest BCUT2D eigenvalue weighted by atomic mass is 9.73. The normalized spacial score (nSPS) is 28.9. The molecule has 2 bridgehead atoms. The van der Waals surface area contributed by atoms with Crippen LogP contribution in [0.5, 0.6) is 0 Å². The predicted molar refractivity (Wildman–Crippen MR) is 79.1 cm³/mol. The van der Waals surface area contributed by atoms with Gasteiger partial charge < -0.3 is 10.6 Å². The molecule has 0 unspecified atom stereocenters. The van der Waals surface area contributed by atoms with E-state index in [-0.39, 0.29) is 11.8 Å². The highest BCUT2D eigenvalue weighted by Gasteiger charge is 2.49. The van der Waals surface area contributed by atoms with Crippen molar-refractivity contribution in [3.8, 4) is 0 Å². The number of nitrogens with one attached hydrogen (secondary N) is 2. The Labute approximate surface area is 121 Å². The summed E-state index contributed by atoms with van der Waals surface area (Å²) < 4.78 is 0. The number of rotatable bonds is 5. The van der Waals surface area contributed by atoms with Crippen molar-refractivity contribution in [3.05, 3.63) is 12.2 Å². The molecule has 112 valence electrons. The number of hydrogen-bond donors (Lipinski definition) is 2. The highest BCUT2D eigenvalue weighted by Crippen LogP contribution is 2.36. The first-order valence-electron chi connectivity index (χ1n) is 7.63. The van der Waals surface area contributed by atoms with Gasteiger partial charge in [-0.25, -0.2) is 0 Å². The second-order valence-corrected chi connectivity index (χ2v) is 6.76. The first-order valence-corrected chi connectivity index (χ1v) is 7.63. The molecule has 4 nitrogen and oxygen atoms in total. The van der Waals surface area contributed by atoms with Crippen LogP contribution in [0.4, 0.5) is 0 Å². The fourth-order valence-electron chi connectivity index (χ4n) is 3.14. The lowest BCUT2D eigenvalue weighted by molar-refractivity contribution is -0.142. The van der Waals surface area contributed by atoms with Crippen LogP contribution in [0.2, 0.25) is 0 Å². The van der Waals surface area contributed by atoms with Gasteiger partial charge in [-0.15, -0.1) is 0 Å². The minimum Gasteiger partial charge on any atom is -0.351 e. The molecule has 0 aromatic heterocycles. The van der Waals surface area contributed by atoms with Crippen molar-refractivity contribution in [3.63, 3.8) is 0 Å². The Hall–Kier alpha value is -1.32. The molecule has 2 amide bonds. The summed E-state index contributed by atoms with van der Waals surface area (Å²) in [5, 5.41) is 6.03. The van der Waals surface area contributed by atoms with E-state index in [4.69, 9.17) is 0 Å². The minimum absolute atomic E-state index is 0.00902. The van der Waals surface area contributed by atoms with Crippen LogP contribution in [0.1, 0.15) is 59.3 Å². The number of carbonyl (C=O) groups is 2. The second kappa shape index (κ2) is 5.23. The first-order chi connectivity index (χ1) is 9.32. The molecule has 2 heterocycles. The highest BCUT2D eigenvalue weighted by atomic mass is 16.2. The lowest BCUT2D eigenvalue weighted by Crippen LogP contribution is -2.68. The Morgan fingerprint density at radius 1 is 1.45 bits per heavy atom. The molecule has 3 rings (SSSR count). The van der Waals surface area contributed by atoms with Crippen LogP contribution in [0.25, 0.3) is 0 Å². The Balaban J connectivity index is 2.10. The molecule has 0 spiro atoms. The van der Waals surface area contributed by atoms with Gasteiger partial charge in [0, 0.05) is 6.04 Å². The zero-order valence-electron chi connectivity index (χ0n) is 12.8. The van der Waals surface area contributed by atoms with Gasteiger partial charge >= 0.3 is 0 Å². The van der Waals surface area contributed by atoms with Crippen LogP contribution < -0.4 is 10.6 Å². The number of hydrogen-bond acceptors (Lipinski definition) is 2. The number of amides is 2. The standard InChI is InChI=1S/C16H26N2O2/c1-5-6-11(2)15(3,4)13(19)18-16-9-7-12(8-10-16)17-14(16)20/h12H,2,5-10H2,1,3-4H3,(H,17,20)(H,18,19). The van der Waals surface area contributed by atoms with Crippen molar-refractivity contribution < 1.29 is 9.59 Å². The zero-order chi connectivity index (χ0) is 15.0. The summed E-state index contributed by atoms with van der Waals surface area (Å²) in [4.78, 5) is 24.8. The number of fused-ring (bicyclic) bond motifs is 3. The van der Waals surface area contributed by atoms with E-state index >= 15 is 0 Å². The van der Waals surface area contributed by atoms with Gasteiger partial charge in [-0.2, -0.15) is 0 Å². The third-order valence-corrected chi connectivity index (χ3v) is 4.97. The maximum Gasteiger partial charge on any atom is 0.245 e. The first kappa shape index (κ1) is 15.1. The predicted octanol–water partition coefficient (Wildman–Crippen LogP) is 2.30. The van der Waals surface area contributed by atoms with Gasteiger partial charge in [-0.1, -0.05) is 25.5 Å². The molecule has 0 radical (unpaired) electrons. The summed E-state index contributed by atoms with van der Waals surface area (Å²) in [6.45, 7) is 9.91. The summed E-state index contributed by atoms with van der Waals surface area (Å²) in [6.07, 6.45) is 5.24. The minimum atomic E-state index is -0.685. The van der Waals surface area contributed by atoms with Gasteiger partial charge in [0.2, 0.25) is 11.8 Å². The van der Waals surface area contributed by atoms with Crippen LogP contribution in [-0.4, -0.2) is 23.4 Å². The maximum atomic E-state index is 12.6. The van der Waals surface area contributed by atoms with Crippen LogP contribution in [-0.2, 0) is 9.59 Å². The summed E-state index contributed by atoms with van der Waals surface area (Å²) in [5.41, 5.74) is -0.381. The van der Waals surface area contributed by atoms with E-state index in [2.05, 4.69) is 24.1 Å². The Morgan fingerprint density at radius 3 is 2.55 bits per heavy atom. The van der Waals surface area contributed by atoms with E-state index in [9.17, 15) is 9.59 Å². The van der Waals surface area contributed by atoms with Crippen molar-refractivity contribution in [2.45, 2.75) is 70.9 Å². The molecule has 4 heteroatoms. The molecule has 0 atom stereocenters. The van der Waals surface area contributed by atoms with Gasteiger partial charge in [0.05, 0.1) is 5.41 Å². The maximum absolute atomic E-state index is 12.6. The Kier molecular flexibility index (Phi) is 3.94. The number of piperidine rings is 2. The molecular formula is C16H26N2O2. The zero-order valence-corrected chi connectivity index (χ0v) is 12.8. The lowest BCUT2D eigenvalue weighted by Gasteiger charge is -2.47.